The van der Waals surface area contributed by atoms with Crippen LogP contribution < -0.4 is 11.1 Å². The molecule has 4 heterocycles. The summed E-state index contributed by atoms with van der Waals surface area (Å²) in [5.74, 6) is -0.0782. The van der Waals surface area contributed by atoms with Gasteiger partial charge in [0.05, 0.1) is 11.1 Å². The number of aromatic nitrogens is 5. The number of hydrogen-bond donors (Lipinski definition) is 1. The standard InChI is InChI=1S/C24H26N6O3/c1-14-11-22(31)30-21(25-14)12-20(27-30)17-7-6-10-28(13-17)23(32)16(3)29-24(33)19-9-5-4-8-18(19)15(2)26-29/h4-5,8-9,11-12,16-17,27H,6-7,10,13H2,1-3H3. The predicted octanol–water partition coefficient (Wildman–Crippen LogP) is 2.32. The molecule has 0 spiro atoms. The van der Waals surface area contributed by atoms with Crippen LogP contribution in [0.3, 0.4) is 0 Å². The first-order chi connectivity index (χ1) is 15.8. The normalized spacial score (nSPS) is 17.5. The number of carbonyl (C=O) groups is 1. The Hall–Kier alpha value is -3.75. The maximum atomic E-state index is 13.4. The molecule has 1 aliphatic rings. The number of fused-ring (bicyclic) bond motifs is 2. The van der Waals surface area contributed by atoms with E-state index in [4.69, 9.17) is 0 Å². The lowest BCUT2D eigenvalue weighted by atomic mass is 9.94. The molecule has 4 aromatic rings. The number of H-pyrrole nitrogens is 1. The van der Waals surface area contributed by atoms with Crippen LogP contribution in [0.15, 0.2) is 46.0 Å². The van der Waals surface area contributed by atoms with Gasteiger partial charge in [0.2, 0.25) is 5.91 Å². The monoisotopic (exact) mass is 446 g/mol. The summed E-state index contributed by atoms with van der Waals surface area (Å²) in [6.45, 7) is 6.49. The highest BCUT2D eigenvalue weighted by molar-refractivity contribution is 5.84. The van der Waals surface area contributed by atoms with Crippen LogP contribution in [0.25, 0.3) is 16.4 Å². The first-order valence-corrected chi connectivity index (χ1v) is 11.2. The van der Waals surface area contributed by atoms with E-state index in [-0.39, 0.29) is 22.9 Å². The van der Waals surface area contributed by atoms with E-state index in [9.17, 15) is 14.4 Å². The van der Waals surface area contributed by atoms with Crippen molar-refractivity contribution in [3.63, 3.8) is 0 Å². The zero-order valence-corrected chi connectivity index (χ0v) is 18.9. The summed E-state index contributed by atoms with van der Waals surface area (Å²) < 4.78 is 2.74. The van der Waals surface area contributed by atoms with Crippen molar-refractivity contribution in [1.82, 2.24) is 29.3 Å². The van der Waals surface area contributed by atoms with Gasteiger partial charge in [0.1, 0.15) is 6.04 Å². The number of carbonyl (C=O) groups excluding carboxylic acids is 1. The molecule has 9 heteroatoms. The first-order valence-electron chi connectivity index (χ1n) is 11.2. The smallest absolute Gasteiger partial charge is 0.275 e. The van der Waals surface area contributed by atoms with Crippen molar-refractivity contribution in [1.29, 1.82) is 0 Å². The van der Waals surface area contributed by atoms with E-state index in [1.165, 1.54) is 15.3 Å². The Morgan fingerprint density at radius 2 is 1.91 bits per heavy atom. The number of likely N-dealkylation sites (tertiary alicyclic amines) is 1. The van der Waals surface area contributed by atoms with Gasteiger partial charge in [0.25, 0.3) is 11.1 Å². The van der Waals surface area contributed by atoms with Crippen LogP contribution >= 0.6 is 0 Å². The average molecular weight is 447 g/mol. The van der Waals surface area contributed by atoms with E-state index in [2.05, 4.69) is 15.2 Å². The summed E-state index contributed by atoms with van der Waals surface area (Å²) >= 11 is 0. The predicted molar refractivity (Wildman–Crippen MR) is 125 cm³/mol. The van der Waals surface area contributed by atoms with Gasteiger partial charge < -0.3 is 4.90 Å². The topological polar surface area (TPSA) is 105 Å². The molecule has 3 aromatic heterocycles. The Morgan fingerprint density at radius 1 is 1.15 bits per heavy atom. The van der Waals surface area contributed by atoms with Crippen LogP contribution in [0, 0.1) is 13.8 Å². The molecule has 33 heavy (non-hydrogen) atoms. The molecule has 1 aromatic carbocycles. The lowest BCUT2D eigenvalue weighted by molar-refractivity contribution is -0.135. The molecule has 1 fully saturated rings. The van der Waals surface area contributed by atoms with Crippen molar-refractivity contribution < 1.29 is 4.79 Å². The number of benzene rings is 1. The molecule has 1 aliphatic heterocycles. The maximum absolute atomic E-state index is 13.4. The van der Waals surface area contributed by atoms with Crippen LogP contribution in [0.2, 0.25) is 0 Å². The molecule has 0 radical (unpaired) electrons. The quantitative estimate of drug-likeness (QED) is 0.520. The Labute approximate surface area is 189 Å². The van der Waals surface area contributed by atoms with Crippen molar-refractivity contribution in [3.05, 3.63) is 74.2 Å². The second-order valence-electron chi connectivity index (χ2n) is 8.82. The van der Waals surface area contributed by atoms with E-state index < -0.39 is 6.04 Å². The molecule has 9 nitrogen and oxygen atoms in total. The molecule has 1 saturated heterocycles. The van der Waals surface area contributed by atoms with Gasteiger partial charge in [-0.05, 0) is 39.7 Å². The Bertz CT molecular complexity index is 1500. The molecular formula is C24H26N6O3. The van der Waals surface area contributed by atoms with E-state index in [1.807, 2.05) is 31.2 Å². The second kappa shape index (κ2) is 7.99. The molecule has 0 aliphatic carbocycles. The highest BCUT2D eigenvalue weighted by atomic mass is 16.2. The van der Waals surface area contributed by atoms with Gasteiger partial charge in [-0.1, -0.05) is 18.2 Å². The minimum atomic E-state index is -0.714. The van der Waals surface area contributed by atoms with Crippen molar-refractivity contribution in [3.8, 4) is 0 Å². The number of rotatable bonds is 3. The summed E-state index contributed by atoms with van der Waals surface area (Å²) in [4.78, 5) is 44.9. The van der Waals surface area contributed by atoms with Gasteiger partial charge in [0.15, 0.2) is 5.65 Å². The van der Waals surface area contributed by atoms with Gasteiger partial charge >= 0.3 is 0 Å². The number of amides is 1. The number of nitrogens with one attached hydrogen (secondary N) is 1. The third-order valence-electron chi connectivity index (χ3n) is 6.51. The number of piperidine rings is 1. The molecule has 2 unspecified atom stereocenters. The number of aromatic amines is 1. The van der Waals surface area contributed by atoms with E-state index in [0.717, 1.165) is 23.9 Å². The zero-order valence-electron chi connectivity index (χ0n) is 18.9. The van der Waals surface area contributed by atoms with E-state index >= 15 is 0 Å². The molecule has 170 valence electrons. The highest BCUT2D eigenvalue weighted by Crippen LogP contribution is 2.27. The zero-order chi connectivity index (χ0) is 23.3. The highest BCUT2D eigenvalue weighted by Gasteiger charge is 2.30. The number of hydrogen-bond acceptors (Lipinski definition) is 5. The van der Waals surface area contributed by atoms with Crippen LogP contribution in [0.1, 0.15) is 48.8 Å². The molecule has 1 amide bonds. The van der Waals surface area contributed by atoms with Crippen molar-refractivity contribution in [2.45, 2.75) is 45.6 Å². The third kappa shape index (κ3) is 3.63. The number of aryl methyl sites for hydroxylation is 2. The maximum Gasteiger partial charge on any atom is 0.275 e. The Balaban J connectivity index is 1.42. The van der Waals surface area contributed by atoms with Gasteiger partial charge in [-0.25, -0.2) is 14.2 Å². The van der Waals surface area contributed by atoms with Gasteiger partial charge in [-0.15, -0.1) is 0 Å². The van der Waals surface area contributed by atoms with Crippen LogP contribution in [0.4, 0.5) is 0 Å². The van der Waals surface area contributed by atoms with Crippen molar-refractivity contribution in [2.75, 3.05) is 13.1 Å². The molecule has 0 saturated carbocycles. The Morgan fingerprint density at radius 3 is 2.70 bits per heavy atom. The molecule has 5 rings (SSSR count). The fourth-order valence-corrected chi connectivity index (χ4v) is 4.77. The lowest BCUT2D eigenvalue weighted by Gasteiger charge is -2.34. The lowest BCUT2D eigenvalue weighted by Crippen LogP contribution is -2.44. The largest absolute Gasteiger partial charge is 0.340 e. The average Bonchev–Trinajstić information content (AvgIpc) is 3.25. The van der Waals surface area contributed by atoms with Crippen LogP contribution in [-0.2, 0) is 4.79 Å². The van der Waals surface area contributed by atoms with Crippen molar-refractivity contribution in [2.24, 2.45) is 0 Å². The minimum absolute atomic E-state index is 0.0549. The van der Waals surface area contributed by atoms with Crippen LogP contribution in [0.5, 0.6) is 0 Å². The van der Waals surface area contributed by atoms with Crippen LogP contribution in [-0.4, -0.2) is 48.3 Å². The fourth-order valence-electron chi connectivity index (χ4n) is 4.77. The number of nitrogens with zero attached hydrogens (tertiary/aromatic N) is 5. The third-order valence-corrected chi connectivity index (χ3v) is 6.51. The summed E-state index contributed by atoms with van der Waals surface area (Å²) in [7, 11) is 0. The van der Waals surface area contributed by atoms with Gasteiger partial charge in [0, 0.05) is 47.9 Å². The Kier molecular flexibility index (Phi) is 5.11. The summed E-state index contributed by atoms with van der Waals surface area (Å²) in [6, 6.07) is 9.99. The van der Waals surface area contributed by atoms with Crippen molar-refractivity contribution >= 4 is 22.3 Å². The molecule has 2 atom stereocenters. The first kappa shape index (κ1) is 21.1. The van der Waals surface area contributed by atoms with Gasteiger partial charge in [-0.3, -0.25) is 19.5 Å². The van der Waals surface area contributed by atoms with E-state index in [0.29, 0.717) is 35.5 Å². The SMILES string of the molecule is Cc1cc(=O)n2[nH]c(C3CCCN(C(=O)C(C)n4nc(C)c5ccccc5c4=O)C3)cc2n1. The minimum Gasteiger partial charge on any atom is -0.340 e. The van der Waals surface area contributed by atoms with Gasteiger partial charge in [-0.2, -0.15) is 5.10 Å². The summed E-state index contributed by atoms with van der Waals surface area (Å²) in [5.41, 5.74) is 2.43. The molecule has 1 N–H and O–H groups in total. The molecular weight excluding hydrogens is 420 g/mol. The second-order valence-corrected chi connectivity index (χ2v) is 8.82. The summed E-state index contributed by atoms with van der Waals surface area (Å²) in [5, 5.41) is 8.96. The summed E-state index contributed by atoms with van der Waals surface area (Å²) in [6.07, 6.45) is 1.73. The molecule has 0 bridgehead atoms. The fraction of sp³-hybridized carbons (Fsp3) is 0.375. The van der Waals surface area contributed by atoms with E-state index in [1.54, 1.807) is 24.8 Å².